The summed E-state index contributed by atoms with van der Waals surface area (Å²) in [5, 5.41) is 14.3. The molecule has 8 aromatic rings. The van der Waals surface area contributed by atoms with Crippen LogP contribution in [0.1, 0.15) is 0 Å². The fourth-order valence-corrected chi connectivity index (χ4v) is 5.89. The van der Waals surface area contributed by atoms with Crippen molar-refractivity contribution in [2.24, 2.45) is 0 Å². The van der Waals surface area contributed by atoms with Crippen molar-refractivity contribution < 1.29 is 9.84 Å². The molecule has 0 unspecified atom stereocenters. The molecule has 5 heteroatoms. The molecule has 5 aromatic carbocycles. The van der Waals surface area contributed by atoms with Crippen molar-refractivity contribution in [2.45, 2.75) is 0 Å². The second kappa shape index (κ2) is 10.2. The van der Waals surface area contributed by atoms with Crippen molar-refractivity contribution in [3.63, 3.8) is 0 Å². The predicted molar refractivity (Wildman–Crippen MR) is 173 cm³/mol. The molecule has 0 fully saturated rings. The van der Waals surface area contributed by atoms with E-state index in [9.17, 15) is 5.11 Å². The van der Waals surface area contributed by atoms with E-state index in [0.717, 1.165) is 55.3 Å². The third-order valence-electron chi connectivity index (χ3n) is 7.84. The van der Waals surface area contributed by atoms with Gasteiger partial charge in [-0.15, -0.1) is 0 Å². The van der Waals surface area contributed by atoms with Gasteiger partial charge in [0, 0.05) is 40.1 Å². The normalized spacial score (nSPS) is 11.3. The van der Waals surface area contributed by atoms with Gasteiger partial charge in [-0.2, -0.15) is 0 Å². The molecule has 43 heavy (non-hydrogen) atoms. The van der Waals surface area contributed by atoms with Crippen LogP contribution in [0.3, 0.4) is 0 Å². The number of benzene rings is 5. The van der Waals surface area contributed by atoms with Gasteiger partial charge in [-0.3, -0.25) is 4.57 Å². The third-order valence-corrected chi connectivity index (χ3v) is 7.84. The van der Waals surface area contributed by atoms with E-state index in [1.54, 1.807) is 0 Å². The molecule has 0 saturated heterocycles. The largest absolute Gasteiger partial charge is 0.505 e. The lowest BCUT2D eigenvalue weighted by Crippen LogP contribution is -1.96. The van der Waals surface area contributed by atoms with E-state index in [1.165, 1.54) is 0 Å². The number of hydrogen-bond acceptors (Lipinski definition) is 4. The Hall–Kier alpha value is -5.94. The summed E-state index contributed by atoms with van der Waals surface area (Å²) >= 11 is 0. The SMILES string of the molecule is Oc1c(-c2ccccc2)ccc2ccc(Oc3ccc4c5c(-c6ccccc6)cccc5n(-c5ccccn5)c4c3)nc12. The van der Waals surface area contributed by atoms with Crippen molar-refractivity contribution in [3.05, 3.63) is 146 Å². The number of rotatable bonds is 5. The van der Waals surface area contributed by atoms with Gasteiger partial charge in [0.1, 0.15) is 22.8 Å². The summed E-state index contributed by atoms with van der Waals surface area (Å²) < 4.78 is 8.52. The predicted octanol–water partition coefficient (Wildman–Crippen LogP) is 9.56. The van der Waals surface area contributed by atoms with Crippen molar-refractivity contribution in [3.8, 4) is 45.5 Å². The minimum absolute atomic E-state index is 0.133. The zero-order chi connectivity index (χ0) is 28.8. The molecule has 5 nitrogen and oxygen atoms in total. The van der Waals surface area contributed by atoms with E-state index in [1.807, 2.05) is 97.2 Å². The smallest absolute Gasteiger partial charge is 0.219 e. The van der Waals surface area contributed by atoms with Crippen LogP contribution in [0.5, 0.6) is 17.4 Å². The van der Waals surface area contributed by atoms with Crippen molar-refractivity contribution in [1.82, 2.24) is 14.5 Å². The van der Waals surface area contributed by atoms with Gasteiger partial charge in [0.2, 0.25) is 5.88 Å². The van der Waals surface area contributed by atoms with E-state index >= 15 is 0 Å². The second-order valence-corrected chi connectivity index (χ2v) is 10.4. The van der Waals surface area contributed by atoms with Gasteiger partial charge >= 0.3 is 0 Å². The summed E-state index contributed by atoms with van der Waals surface area (Å²) in [5.41, 5.74) is 6.51. The number of phenolic OH excluding ortho intramolecular Hbond substituents is 1. The van der Waals surface area contributed by atoms with Crippen molar-refractivity contribution >= 4 is 32.7 Å². The Bertz CT molecular complexity index is 2260. The molecule has 0 radical (unpaired) electrons. The third kappa shape index (κ3) is 4.26. The average Bonchev–Trinajstić information content (AvgIpc) is 3.40. The van der Waals surface area contributed by atoms with Crippen LogP contribution in [-0.2, 0) is 0 Å². The van der Waals surface area contributed by atoms with Crippen LogP contribution >= 0.6 is 0 Å². The molecule has 0 aliphatic carbocycles. The molecule has 0 atom stereocenters. The number of pyridine rings is 2. The molecule has 0 bridgehead atoms. The Morgan fingerprint density at radius 2 is 1.35 bits per heavy atom. The van der Waals surface area contributed by atoms with E-state index < -0.39 is 0 Å². The van der Waals surface area contributed by atoms with Gasteiger partial charge in [-0.25, -0.2) is 9.97 Å². The maximum absolute atomic E-state index is 11.2. The van der Waals surface area contributed by atoms with Crippen LogP contribution in [0.15, 0.2) is 146 Å². The molecular weight excluding hydrogens is 530 g/mol. The van der Waals surface area contributed by atoms with E-state index in [-0.39, 0.29) is 5.75 Å². The first-order valence-corrected chi connectivity index (χ1v) is 14.1. The zero-order valence-corrected chi connectivity index (χ0v) is 23.1. The number of aromatic nitrogens is 3. The van der Waals surface area contributed by atoms with Gasteiger partial charge in [0.05, 0.1) is 11.0 Å². The highest BCUT2D eigenvalue weighted by atomic mass is 16.5. The molecule has 8 rings (SSSR count). The minimum atomic E-state index is 0.133. The molecule has 0 aliphatic rings. The van der Waals surface area contributed by atoms with Gasteiger partial charge < -0.3 is 9.84 Å². The Kier molecular flexibility index (Phi) is 5.86. The van der Waals surface area contributed by atoms with Crippen LogP contribution < -0.4 is 4.74 Å². The van der Waals surface area contributed by atoms with Crippen LogP contribution in [0.4, 0.5) is 0 Å². The molecular formula is C38H25N3O2. The zero-order valence-electron chi connectivity index (χ0n) is 23.1. The van der Waals surface area contributed by atoms with Gasteiger partial charge in [-0.1, -0.05) is 84.9 Å². The molecule has 1 N–H and O–H groups in total. The molecule has 0 saturated carbocycles. The highest BCUT2D eigenvalue weighted by Crippen LogP contribution is 2.40. The van der Waals surface area contributed by atoms with Crippen LogP contribution in [0.25, 0.3) is 60.8 Å². The summed E-state index contributed by atoms with van der Waals surface area (Å²) in [6.45, 7) is 0. The Morgan fingerprint density at radius 1 is 0.605 bits per heavy atom. The van der Waals surface area contributed by atoms with E-state index in [4.69, 9.17) is 14.7 Å². The number of hydrogen-bond donors (Lipinski definition) is 1. The summed E-state index contributed by atoms with van der Waals surface area (Å²) in [5.74, 6) is 2.00. The van der Waals surface area contributed by atoms with Crippen LogP contribution in [0, 0.1) is 0 Å². The number of fused-ring (bicyclic) bond motifs is 4. The van der Waals surface area contributed by atoms with E-state index in [2.05, 4.69) is 53.1 Å². The number of ether oxygens (including phenoxy) is 1. The first-order valence-electron chi connectivity index (χ1n) is 14.1. The van der Waals surface area contributed by atoms with Gasteiger partial charge in [0.15, 0.2) is 0 Å². The first kappa shape index (κ1) is 24.8. The monoisotopic (exact) mass is 555 g/mol. The highest BCUT2D eigenvalue weighted by Gasteiger charge is 2.18. The molecule has 0 spiro atoms. The minimum Gasteiger partial charge on any atom is -0.505 e. The molecule has 3 heterocycles. The Labute approximate surface area is 247 Å². The number of nitrogens with zero attached hydrogens (tertiary/aromatic N) is 3. The lowest BCUT2D eigenvalue weighted by molar-refractivity contribution is 0.460. The standard InChI is InChI=1S/C38H25N3O2/c42-38-30(26-12-5-2-6-13-26)20-17-27-18-22-35(40-37(27)38)43-28-19-21-31-33(24-28)41(34-16-7-8-23-39-34)32-15-9-14-29(36(31)32)25-10-3-1-4-11-25/h1-24,42H. The Balaban J connectivity index is 1.28. The molecule has 3 aromatic heterocycles. The van der Waals surface area contributed by atoms with Crippen LogP contribution in [0.2, 0.25) is 0 Å². The summed E-state index contributed by atoms with van der Waals surface area (Å²) in [4.78, 5) is 9.42. The maximum Gasteiger partial charge on any atom is 0.219 e. The molecule has 204 valence electrons. The lowest BCUT2D eigenvalue weighted by atomic mass is 9.99. The van der Waals surface area contributed by atoms with Crippen molar-refractivity contribution in [1.29, 1.82) is 0 Å². The summed E-state index contributed by atoms with van der Waals surface area (Å²) in [6, 6.07) is 46.3. The van der Waals surface area contributed by atoms with Gasteiger partial charge in [0.25, 0.3) is 0 Å². The van der Waals surface area contributed by atoms with Gasteiger partial charge in [-0.05, 0) is 59.2 Å². The fraction of sp³-hybridized carbons (Fsp3) is 0. The first-order chi connectivity index (χ1) is 21.2. The fourth-order valence-electron chi connectivity index (χ4n) is 5.89. The molecule has 0 aliphatic heterocycles. The highest BCUT2D eigenvalue weighted by molar-refractivity contribution is 6.15. The van der Waals surface area contributed by atoms with Crippen molar-refractivity contribution in [2.75, 3.05) is 0 Å². The Morgan fingerprint density at radius 3 is 2.12 bits per heavy atom. The summed E-state index contributed by atoms with van der Waals surface area (Å²) in [7, 11) is 0. The van der Waals surface area contributed by atoms with Crippen LogP contribution in [-0.4, -0.2) is 19.6 Å². The number of aromatic hydroxyl groups is 1. The topological polar surface area (TPSA) is 60.2 Å². The lowest BCUT2D eigenvalue weighted by Gasteiger charge is -2.11. The quantitative estimate of drug-likeness (QED) is 0.230. The second-order valence-electron chi connectivity index (χ2n) is 10.4. The number of phenols is 1. The average molecular weight is 556 g/mol. The molecule has 0 amide bonds. The van der Waals surface area contributed by atoms with E-state index in [0.29, 0.717) is 17.1 Å². The summed E-state index contributed by atoms with van der Waals surface area (Å²) in [6.07, 6.45) is 1.81. The maximum atomic E-state index is 11.2.